The van der Waals surface area contributed by atoms with Gasteiger partial charge in [-0.15, -0.1) is 0 Å². The van der Waals surface area contributed by atoms with Crippen LogP contribution < -0.4 is 14.9 Å². The number of hydrogen-bond acceptors (Lipinski definition) is 6. The number of nitrogens with one attached hydrogen (secondary N) is 1. The molecule has 1 fully saturated rings. The van der Waals surface area contributed by atoms with E-state index in [0.717, 1.165) is 35.2 Å². The molecule has 1 aliphatic rings. The van der Waals surface area contributed by atoms with Crippen molar-refractivity contribution >= 4 is 22.9 Å². The van der Waals surface area contributed by atoms with Crippen LogP contribution in [0.25, 0.3) is 10.8 Å². The largest absolute Gasteiger partial charge is 0.497 e. The average Bonchev–Trinajstić information content (AvgIpc) is 2.68. The van der Waals surface area contributed by atoms with Gasteiger partial charge in [0.2, 0.25) is 0 Å². The summed E-state index contributed by atoms with van der Waals surface area (Å²) in [6.45, 7) is 3.14. The fraction of sp³-hybridized carbons (Fsp3) is 0.368. The molecule has 2 aromatic carbocycles. The summed E-state index contributed by atoms with van der Waals surface area (Å²) >= 11 is 0. The minimum absolute atomic E-state index is 0.153. The van der Waals surface area contributed by atoms with E-state index < -0.39 is 0 Å². The third-order valence-electron chi connectivity index (χ3n) is 4.30. The first-order valence-corrected chi connectivity index (χ1v) is 8.48. The maximum absolute atomic E-state index is 12.1. The van der Waals surface area contributed by atoms with Gasteiger partial charge >= 0.3 is 0 Å². The van der Waals surface area contributed by atoms with Crippen LogP contribution in [-0.4, -0.2) is 64.1 Å². The molecule has 0 aliphatic carbocycles. The second kappa shape index (κ2) is 8.64. The lowest BCUT2D eigenvalue weighted by molar-refractivity contribution is -0.123. The first-order valence-electron chi connectivity index (χ1n) is 8.48. The summed E-state index contributed by atoms with van der Waals surface area (Å²) in [4.78, 5) is 14.1. The van der Waals surface area contributed by atoms with Crippen LogP contribution in [0.5, 0.6) is 11.5 Å². The Labute approximate surface area is 152 Å². The lowest BCUT2D eigenvalue weighted by Gasteiger charge is -2.25. The van der Waals surface area contributed by atoms with Crippen LogP contribution >= 0.6 is 0 Å². The first-order chi connectivity index (χ1) is 12.7. The van der Waals surface area contributed by atoms with Gasteiger partial charge < -0.3 is 14.2 Å². The number of carbonyl (C=O) groups excluding carboxylic acids is 1. The van der Waals surface area contributed by atoms with E-state index in [4.69, 9.17) is 14.2 Å². The molecule has 138 valence electrons. The van der Waals surface area contributed by atoms with Gasteiger partial charge in [0.05, 0.1) is 40.2 Å². The van der Waals surface area contributed by atoms with E-state index in [1.54, 1.807) is 20.4 Å². The summed E-state index contributed by atoms with van der Waals surface area (Å²) in [6.07, 6.45) is 1.61. The van der Waals surface area contributed by atoms with Gasteiger partial charge in [0, 0.05) is 18.7 Å². The molecule has 7 heteroatoms. The van der Waals surface area contributed by atoms with E-state index in [9.17, 15) is 4.79 Å². The Balaban J connectivity index is 1.75. The Morgan fingerprint density at radius 1 is 1.23 bits per heavy atom. The molecular formula is C19H23N3O4. The Kier molecular flexibility index (Phi) is 6.04. The Bertz CT molecular complexity index is 795. The van der Waals surface area contributed by atoms with Crippen molar-refractivity contribution in [2.24, 2.45) is 5.10 Å². The third-order valence-corrected chi connectivity index (χ3v) is 4.30. The smallest absolute Gasteiger partial charge is 0.254 e. The molecule has 0 saturated carbocycles. The third kappa shape index (κ3) is 4.30. The normalized spacial score (nSPS) is 15.3. The highest BCUT2D eigenvalue weighted by molar-refractivity contribution is 6.03. The molecule has 26 heavy (non-hydrogen) atoms. The molecule has 0 spiro atoms. The van der Waals surface area contributed by atoms with E-state index in [1.165, 1.54) is 0 Å². The molecule has 1 amide bonds. The van der Waals surface area contributed by atoms with Gasteiger partial charge in [0.25, 0.3) is 5.91 Å². The van der Waals surface area contributed by atoms with Crippen molar-refractivity contribution in [2.75, 3.05) is 47.1 Å². The van der Waals surface area contributed by atoms with Crippen LogP contribution in [0.15, 0.2) is 35.4 Å². The minimum Gasteiger partial charge on any atom is -0.497 e. The van der Waals surface area contributed by atoms with Crippen molar-refractivity contribution in [1.29, 1.82) is 0 Å². The molecule has 2 aromatic rings. The highest BCUT2D eigenvalue weighted by Gasteiger charge is 2.13. The van der Waals surface area contributed by atoms with Gasteiger partial charge in [0.1, 0.15) is 11.5 Å². The van der Waals surface area contributed by atoms with E-state index in [1.807, 2.05) is 35.2 Å². The molecule has 1 heterocycles. The van der Waals surface area contributed by atoms with Crippen LogP contribution in [0.4, 0.5) is 0 Å². The van der Waals surface area contributed by atoms with Crippen LogP contribution in [-0.2, 0) is 9.53 Å². The first kappa shape index (κ1) is 18.2. The number of rotatable bonds is 6. The highest BCUT2D eigenvalue weighted by Crippen LogP contribution is 2.29. The summed E-state index contributed by atoms with van der Waals surface area (Å²) in [5.41, 5.74) is 3.37. The second-order valence-corrected chi connectivity index (χ2v) is 5.95. The summed E-state index contributed by atoms with van der Waals surface area (Å²) in [5.74, 6) is 1.27. The van der Waals surface area contributed by atoms with Crippen molar-refractivity contribution in [2.45, 2.75) is 0 Å². The molecule has 0 bridgehead atoms. The number of hydrogen-bond donors (Lipinski definition) is 1. The molecule has 0 unspecified atom stereocenters. The lowest BCUT2D eigenvalue weighted by Crippen LogP contribution is -2.42. The lowest BCUT2D eigenvalue weighted by atomic mass is 10.0. The van der Waals surface area contributed by atoms with Crippen LogP contribution in [0, 0.1) is 0 Å². The Morgan fingerprint density at radius 3 is 2.73 bits per heavy atom. The SMILES string of the molecule is COc1ccc2ccc(OC)c(/C=N\NC(=O)CN3CCOCC3)c2c1. The van der Waals surface area contributed by atoms with Crippen LogP contribution in [0.3, 0.4) is 0 Å². The van der Waals surface area contributed by atoms with Crippen LogP contribution in [0.1, 0.15) is 5.56 Å². The Morgan fingerprint density at radius 2 is 2.00 bits per heavy atom. The summed E-state index contributed by atoms with van der Waals surface area (Å²) in [6, 6.07) is 9.66. The molecule has 1 aliphatic heterocycles. The minimum atomic E-state index is -0.153. The van der Waals surface area contributed by atoms with E-state index in [2.05, 4.69) is 10.5 Å². The molecule has 1 N–H and O–H groups in total. The molecule has 0 atom stereocenters. The van der Waals surface area contributed by atoms with E-state index in [-0.39, 0.29) is 5.91 Å². The number of ether oxygens (including phenoxy) is 3. The number of nitrogens with zero attached hydrogens (tertiary/aromatic N) is 2. The zero-order valence-electron chi connectivity index (χ0n) is 15.0. The number of morpholine rings is 1. The quantitative estimate of drug-likeness (QED) is 0.629. The number of amides is 1. The molecule has 0 aromatic heterocycles. The fourth-order valence-electron chi connectivity index (χ4n) is 2.91. The van der Waals surface area contributed by atoms with Crippen molar-refractivity contribution in [1.82, 2.24) is 10.3 Å². The summed E-state index contributed by atoms with van der Waals surface area (Å²) < 4.78 is 16.0. The molecule has 0 radical (unpaired) electrons. The summed E-state index contributed by atoms with van der Waals surface area (Å²) in [7, 11) is 3.23. The number of fused-ring (bicyclic) bond motifs is 1. The molecule has 1 saturated heterocycles. The highest BCUT2D eigenvalue weighted by atomic mass is 16.5. The van der Waals surface area contributed by atoms with Gasteiger partial charge in [-0.2, -0.15) is 5.10 Å². The number of methoxy groups -OCH3 is 2. The van der Waals surface area contributed by atoms with E-state index in [0.29, 0.717) is 25.5 Å². The summed E-state index contributed by atoms with van der Waals surface area (Å²) in [5, 5.41) is 6.09. The predicted molar refractivity (Wildman–Crippen MR) is 100 cm³/mol. The van der Waals surface area contributed by atoms with Gasteiger partial charge in [0.15, 0.2) is 0 Å². The van der Waals surface area contributed by atoms with Crippen molar-refractivity contribution in [3.8, 4) is 11.5 Å². The van der Waals surface area contributed by atoms with Gasteiger partial charge in [-0.25, -0.2) is 5.43 Å². The predicted octanol–water partition coefficient (Wildman–Crippen LogP) is 1.64. The monoisotopic (exact) mass is 357 g/mol. The second-order valence-electron chi connectivity index (χ2n) is 5.95. The zero-order chi connectivity index (χ0) is 18.4. The topological polar surface area (TPSA) is 72.4 Å². The molecule has 3 rings (SSSR count). The van der Waals surface area contributed by atoms with Crippen molar-refractivity contribution < 1.29 is 19.0 Å². The van der Waals surface area contributed by atoms with Gasteiger partial charge in [-0.1, -0.05) is 12.1 Å². The zero-order valence-corrected chi connectivity index (χ0v) is 15.0. The number of benzene rings is 2. The molecular weight excluding hydrogens is 334 g/mol. The van der Waals surface area contributed by atoms with Gasteiger partial charge in [-0.3, -0.25) is 9.69 Å². The standard InChI is InChI=1S/C19H23N3O4/c1-24-15-5-3-14-4-6-18(25-2)17(16(14)11-15)12-20-21-19(23)13-22-7-9-26-10-8-22/h3-6,11-12H,7-10,13H2,1-2H3,(H,21,23)/b20-12-. The maximum atomic E-state index is 12.1. The maximum Gasteiger partial charge on any atom is 0.254 e. The van der Waals surface area contributed by atoms with Crippen molar-refractivity contribution in [3.05, 3.63) is 35.9 Å². The number of carbonyl (C=O) groups is 1. The van der Waals surface area contributed by atoms with Crippen LogP contribution in [0.2, 0.25) is 0 Å². The fourth-order valence-corrected chi connectivity index (χ4v) is 2.91. The van der Waals surface area contributed by atoms with Crippen molar-refractivity contribution in [3.63, 3.8) is 0 Å². The van der Waals surface area contributed by atoms with Gasteiger partial charge in [-0.05, 0) is 29.0 Å². The molecule has 7 nitrogen and oxygen atoms in total. The number of hydrazone groups is 1. The average molecular weight is 357 g/mol. The van der Waals surface area contributed by atoms with E-state index >= 15 is 0 Å². The Hall–Kier alpha value is -2.64.